The van der Waals surface area contributed by atoms with E-state index in [1.54, 1.807) is 48.5 Å². The number of carbonyl (C=O) groups is 2. The van der Waals surface area contributed by atoms with Crippen molar-refractivity contribution < 1.29 is 18.7 Å². The van der Waals surface area contributed by atoms with Crippen LogP contribution >= 0.6 is 35.0 Å². The van der Waals surface area contributed by atoms with Crippen LogP contribution in [0.1, 0.15) is 42.3 Å². The van der Waals surface area contributed by atoms with E-state index in [0.717, 1.165) is 29.9 Å². The Labute approximate surface area is 235 Å². The lowest BCUT2D eigenvalue weighted by molar-refractivity contribution is -0.129. The van der Waals surface area contributed by atoms with Gasteiger partial charge in [-0.3, -0.25) is 9.59 Å². The van der Waals surface area contributed by atoms with E-state index < -0.39 is 23.7 Å². The first kappa shape index (κ1) is 26.9. The van der Waals surface area contributed by atoms with Crippen LogP contribution in [0.15, 0.2) is 66.7 Å². The van der Waals surface area contributed by atoms with Crippen LogP contribution in [-0.2, 0) is 9.59 Å². The maximum atomic E-state index is 14.7. The van der Waals surface area contributed by atoms with E-state index in [4.69, 9.17) is 27.9 Å². The largest absolute Gasteiger partial charge is 0.490 e. The summed E-state index contributed by atoms with van der Waals surface area (Å²) in [4.78, 5) is 27.0. The van der Waals surface area contributed by atoms with Crippen LogP contribution in [-0.4, -0.2) is 29.4 Å². The average molecular weight is 574 g/mol. The molecule has 2 saturated heterocycles. The Kier molecular flexibility index (Phi) is 8.46. The van der Waals surface area contributed by atoms with E-state index in [0.29, 0.717) is 27.0 Å². The fourth-order valence-electron chi connectivity index (χ4n) is 5.18. The van der Waals surface area contributed by atoms with Crippen molar-refractivity contribution in [3.8, 4) is 5.75 Å². The zero-order chi connectivity index (χ0) is 26.6. The Morgan fingerprint density at radius 2 is 1.74 bits per heavy atom. The minimum absolute atomic E-state index is 0.0118. The molecule has 9 heteroatoms. The first-order chi connectivity index (χ1) is 18.4. The lowest BCUT2D eigenvalue weighted by Gasteiger charge is -2.39. The first-order valence-electron chi connectivity index (χ1n) is 12.5. The minimum Gasteiger partial charge on any atom is -0.490 e. The fourth-order valence-corrected chi connectivity index (χ4v) is 6.64. The molecule has 0 spiro atoms. The normalized spacial score (nSPS) is 22.0. The molecule has 2 aliphatic heterocycles. The maximum Gasteiger partial charge on any atom is 0.230 e. The number of hydrogen-bond acceptors (Lipinski definition) is 4. The molecule has 1 unspecified atom stereocenters. The van der Waals surface area contributed by atoms with Gasteiger partial charge < -0.3 is 15.4 Å². The van der Waals surface area contributed by atoms with E-state index in [9.17, 15) is 14.0 Å². The third kappa shape index (κ3) is 6.28. The van der Waals surface area contributed by atoms with Gasteiger partial charge in [-0.1, -0.05) is 41.4 Å². The number of rotatable bonds is 6. The number of ether oxygens (including phenoxy) is 1. The number of amides is 2. The van der Waals surface area contributed by atoms with Crippen molar-refractivity contribution in [2.75, 3.05) is 16.8 Å². The summed E-state index contributed by atoms with van der Waals surface area (Å²) < 4.78 is 21.0. The Balaban J connectivity index is 1.57. The SMILES string of the molecule is O=C1C[C@@H](c2cccc(Cl)c2)C(C(=O)Nc2cccc(Cl)c2)[C@@H](c2cc(F)ccc2OC2CCSCC2)N1. The predicted molar refractivity (Wildman–Crippen MR) is 151 cm³/mol. The lowest BCUT2D eigenvalue weighted by Crippen LogP contribution is -2.47. The lowest BCUT2D eigenvalue weighted by atomic mass is 9.73. The summed E-state index contributed by atoms with van der Waals surface area (Å²) in [5, 5.41) is 6.91. The van der Waals surface area contributed by atoms with Gasteiger partial charge in [-0.05, 0) is 78.4 Å². The van der Waals surface area contributed by atoms with Crippen LogP contribution in [0.25, 0.3) is 0 Å². The van der Waals surface area contributed by atoms with Crippen molar-refractivity contribution in [2.45, 2.75) is 37.3 Å². The second-order valence-electron chi connectivity index (χ2n) is 9.55. The topological polar surface area (TPSA) is 67.4 Å². The van der Waals surface area contributed by atoms with Gasteiger partial charge in [0, 0.05) is 33.6 Å². The van der Waals surface area contributed by atoms with Gasteiger partial charge in [0.25, 0.3) is 0 Å². The highest BCUT2D eigenvalue weighted by Gasteiger charge is 2.44. The molecule has 3 aromatic carbocycles. The van der Waals surface area contributed by atoms with Crippen LogP contribution in [0.4, 0.5) is 10.1 Å². The summed E-state index contributed by atoms with van der Waals surface area (Å²) in [6.45, 7) is 0. The summed E-state index contributed by atoms with van der Waals surface area (Å²) >= 11 is 14.3. The van der Waals surface area contributed by atoms with Crippen LogP contribution in [0, 0.1) is 11.7 Å². The van der Waals surface area contributed by atoms with Gasteiger partial charge >= 0.3 is 0 Å². The summed E-state index contributed by atoms with van der Waals surface area (Å²) in [5.41, 5.74) is 1.72. The summed E-state index contributed by atoms with van der Waals surface area (Å²) in [6, 6.07) is 17.5. The molecule has 3 atom stereocenters. The standard InChI is InChI=1S/C29H27Cl2FN2O3S/c30-18-4-1-3-17(13-18)23-16-26(35)34-28(27(23)29(36)33-21-6-2-5-19(31)14-21)24-15-20(32)7-8-25(24)37-22-9-11-38-12-10-22/h1-8,13-15,22-23,27-28H,9-12,16H2,(H,33,36)(H,34,35)/t23-,27?,28+/m0/s1. The minimum atomic E-state index is -0.830. The number of anilines is 1. The van der Waals surface area contributed by atoms with Crippen molar-refractivity contribution >= 4 is 52.5 Å². The number of nitrogens with one attached hydrogen (secondary N) is 2. The maximum absolute atomic E-state index is 14.7. The van der Waals surface area contributed by atoms with E-state index >= 15 is 0 Å². The molecule has 2 N–H and O–H groups in total. The second-order valence-corrected chi connectivity index (χ2v) is 11.6. The van der Waals surface area contributed by atoms with Gasteiger partial charge in [0.15, 0.2) is 0 Å². The summed E-state index contributed by atoms with van der Waals surface area (Å²) in [7, 11) is 0. The average Bonchev–Trinajstić information content (AvgIpc) is 2.90. The molecule has 0 aliphatic carbocycles. The molecular formula is C29H27Cl2FN2O3S. The summed E-state index contributed by atoms with van der Waals surface area (Å²) in [5.74, 6) is 0.124. The van der Waals surface area contributed by atoms with Crippen molar-refractivity contribution in [1.29, 1.82) is 0 Å². The van der Waals surface area contributed by atoms with Gasteiger partial charge in [-0.2, -0.15) is 11.8 Å². The molecule has 2 aliphatic rings. The molecule has 0 aromatic heterocycles. The number of carbonyl (C=O) groups excluding carboxylic acids is 2. The molecule has 198 valence electrons. The highest BCUT2D eigenvalue weighted by Crippen LogP contribution is 2.44. The summed E-state index contributed by atoms with van der Waals surface area (Å²) in [6.07, 6.45) is 1.82. The molecule has 0 bridgehead atoms. The van der Waals surface area contributed by atoms with E-state index in [2.05, 4.69) is 10.6 Å². The van der Waals surface area contributed by atoms with E-state index in [1.807, 2.05) is 17.8 Å². The molecule has 2 heterocycles. The predicted octanol–water partition coefficient (Wildman–Crippen LogP) is 7.01. The molecule has 5 rings (SSSR count). The monoisotopic (exact) mass is 572 g/mol. The Hall–Kier alpha value is -2.74. The quantitative estimate of drug-likeness (QED) is 0.333. The highest BCUT2D eigenvalue weighted by molar-refractivity contribution is 7.99. The third-order valence-electron chi connectivity index (χ3n) is 6.95. The molecule has 3 aromatic rings. The molecule has 2 amide bonds. The van der Waals surface area contributed by atoms with Crippen molar-refractivity contribution in [1.82, 2.24) is 5.32 Å². The number of thioether (sulfide) groups is 1. The van der Waals surface area contributed by atoms with Crippen LogP contribution in [0.3, 0.4) is 0 Å². The van der Waals surface area contributed by atoms with Gasteiger partial charge in [0.05, 0.1) is 12.0 Å². The van der Waals surface area contributed by atoms with Crippen molar-refractivity contribution in [3.63, 3.8) is 0 Å². The molecule has 5 nitrogen and oxygen atoms in total. The van der Waals surface area contributed by atoms with Crippen LogP contribution in [0.5, 0.6) is 5.75 Å². The smallest absolute Gasteiger partial charge is 0.230 e. The molecule has 38 heavy (non-hydrogen) atoms. The van der Waals surface area contributed by atoms with E-state index in [1.165, 1.54) is 12.1 Å². The third-order valence-corrected chi connectivity index (χ3v) is 8.47. The number of piperidine rings is 1. The Morgan fingerprint density at radius 3 is 2.47 bits per heavy atom. The van der Waals surface area contributed by atoms with Gasteiger partial charge in [-0.15, -0.1) is 0 Å². The first-order valence-corrected chi connectivity index (χ1v) is 14.4. The van der Waals surface area contributed by atoms with Crippen molar-refractivity contribution in [3.05, 3.63) is 93.7 Å². The van der Waals surface area contributed by atoms with E-state index in [-0.39, 0.29) is 24.3 Å². The Morgan fingerprint density at radius 1 is 1.00 bits per heavy atom. The fraction of sp³-hybridized carbons (Fsp3) is 0.310. The molecule has 0 radical (unpaired) electrons. The van der Waals surface area contributed by atoms with Gasteiger partial charge in [0.2, 0.25) is 11.8 Å². The molecule has 2 fully saturated rings. The highest BCUT2D eigenvalue weighted by atomic mass is 35.5. The zero-order valence-corrected chi connectivity index (χ0v) is 22.8. The zero-order valence-electron chi connectivity index (χ0n) is 20.5. The number of benzene rings is 3. The van der Waals surface area contributed by atoms with Crippen LogP contribution < -0.4 is 15.4 Å². The Bertz CT molecular complexity index is 1330. The molecule has 0 saturated carbocycles. The van der Waals surface area contributed by atoms with Crippen molar-refractivity contribution in [2.24, 2.45) is 5.92 Å². The number of hydrogen-bond donors (Lipinski definition) is 2. The number of halogens is 3. The molecular weight excluding hydrogens is 546 g/mol. The van der Waals surface area contributed by atoms with Gasteiger partial charge in [-0.25, -0.2) is 4.39 Å². The van der Waals surface area contributed by atoms with Gasteiger partial charge in [0.1, 0.15) is 17.7 Å². The second kappa shape index (κ2) is 12.0. The van der Waals surface area contributed by atoms with Crippen LogP contribution in [0.2, 0.25) is 10.0 Å².